The number of hydrogen-bond acceptors (Lipinski definition) is 6. The molecule has 0 fully saturated rings. The van der Waals surface area contributed by atoms with Crippen LogP contribution in [0.2, 0.25) is 0 Å². The normalized spacial score (nSPS) is 15.9. The van der Waals surface area contributed by atoms with Crippen LogP contribution in [0.4, 0.5) is 0 Å². The molecule has 1 aliphatic heterocycles. The number of carbonyl (C=O) groups is 2. The van der Waals surface area contributed by atoms with E-state index in [1.54, 1.807) is 30.3 Å². The highest BCUT2D eigenvalue weighted by atomic mass is 16.5. The number of nitrogens with one attached hydrogen (secondary N) is 2. The number of hydrogen-bond donors (Lipinski definition) is 3. The molecule has 2 amide bonds. The molecule has 1 heterocycles. The van der Waals surface area contributed by atoms with E-state index in [1.807, 2.05) is 42.5 Å². The first-order valence-corrected chi connectivity index (χ1v) is 11.6. The Labute approximate surface area is 204 Å². The maximum absolute atomic E-state index is 12.3. The van der Waals surface area contributed by atoms with Gasteiger partial charge in [0.25, 0.3) is 11.8 Å². The van der Waals surface area contributed by atoms with Crippen molar-refractivity contribution in [2.24, 2.45) is 0 Å². The van der Waals surface area contributed by atoms with Gasteiger partial charge < -0.3 is 25.2 Å². The van der Waals surface area contributed by atoms with Gasteiger partial charge in [-0.1, -0.05) is 48.5 Å². The van der Waals surface area contributed by atoms with Crippen molar-refractivity contribution in [2.45, 2.75) is 6.54 Å². The summed E-state index contributed by atoms with van der Waals surface area (Å²) < 4.78 is 11.2. The zero-order valence-corrected chi connectivity index (χ0v) is 19.4. The molecule has 1 aliphatic rings. The number of nitrogens with zero attached hydrogens (tertiary/aromatic N) is 1. The Hall–Kier alpha value is -4.04. The Balaban J connectivity index is 1.45. The van der Waals surface area contributed by atoms with E-state index in [0.29, 0.717) is 44.2 Å². The second kappa shape index (κ2) is 11.9. The van der Waals surface area contributed by atoms with E-state index in [0.717, 1.165) is 16.7 Å². The van der Waals surface area contributed by atoms with Gasteiger partial charge in [-0.15, -0.1) is 0 Å². The van der Waals surface area contributed by atoms with E-state index in [2.05, 4.69) is 15.5 Å². The summed E-state index contributed by atoms with van der Waals surface area (Å²) in [6, 6.07) is 22.4. The van der Waals surface area contributed by atoms with Crippen LogP contribution in [0.1, 0.15) is 5.56 Å². The topological polar surface area (TPSA) is 100 Å². The Morgan fingerprint density at radius 1 is 0.743 bits per heavy atom. The van der Waals surface area contributed by atoms with Crippen LogP contribution in [0, 0.1) is 0 Å². The van der Waals surface area contributed by atoms with Crippen LogP contribution >= 0.6 is 0 Å². The number of amides is 2. The lowest BCUT2D eigenvalue weighted by Gasteiger charge is -2.23. The van der Waals surface area contributed by atoms with Gasteiger partial charge in [-0.25, -0.2) is 0 Å². The lowest BCUT2D eigenvalue weighted by atomic mass is 10.0. The lowest BCUT2D eigenvalue weighted by Crippen LogP contribution is -2.40. The van der Waals surface area contributed by atoms with E-state index in [-0.39, 0.29) is 30.8 Å². The molecule has 0 spiro atoms. The van der Waals surface area contributed by atoms with Gasteiger partial charge in [0.15, 0.2) is 24.7 Å². The fourth-order valence-electron chi connectivity index (χ4n) is 3.82. The molecular weight excluding hydrogens is 446 g/mol. The molecular formula is C27H29N3O5. The summed E-state index contributed by atoms with van der Waals surface area (Å²) in [5, 5.41) is 16.2. The third-order valence-electron chi connectivity index (χ3n) is 5.65. The number of fused-ring (bicyclic) bond motifs is 1. The molecule has 4 rings (SSSR count). The molecule has 3 aromatic rings. The van der Waals surface area contributed by atoms with Crippen molar-refractivity contribution in [2.75, 3.05) is 39.4 Å². The highest BCUT2D eigenvalue weighted by Gasteiger charge is 2.14. The van der Waals surface area contributed by atoms with Crippen molar-refractivity contribution in [1.29, 1.82) is 0 Å². The molecule has 0 aliphatic carbocycles. The van der Waals surface area contributed by atoms with Crippen molar-refractivity contribution in [3.63, 3.8) is 0 Å². The van der Waals surface area contributed by atoms with Gasteiger partial charge in [-0.3, -0.25) is 14.5 Å². The minimum Gasteiger partial charge on any atom is -0.508 e. The van der Waals surface area contributed by atoms with Gasteiger partial charge in [-0.2, -0.15) is 0 Å². The highest BCUT2D eigenvalue weighted by Crippen LogP contribution is 2.27. The van der Waals surface area contributed by atoms with E-state index < -0.39 is 0 Å². The van der Waals surface area contributed by atoms with Crippen LogP contribution in [0.5, 0.6) is 17.2 Å². The number of phenols is 1. The van der Waals surface area contributed by atoms with E-state index in [4.69, 9.17) is 9.47 Å². The van der Waals surface area contributed by atoms with Gasteiger partial charge in [0.05, 0.1) is 0 Å². The first-order chi connectivity index (χ1) is 17.1. The van der Waals surface area contributed by atoms with Crippen molar-refractivity contribution in [1.82, 2.24) is 15.5 Å². The van der Waals surface area contributed by atoms with Crippen molar-refractivity contribution in [3.05, 3.63) is 78.4 Å². The molecule has 0 saturated carbocycles. The number of benzene rings is 3. The highest BCUT2D eigenvalue weighted by molar-refractivity contribution is 5.78. The quantitative estimate of drug-likeness (QED) is 0.539. The number of carbonyl (C=O) groups excluding carboxylic acids is 2. The molecule has 0 unspecified atom stereocenters. The van der Waals surface area contributed by atoms with Crippen LogP contribution in [-0.4, -0.2) is 61.2 Å². The van der Waals surface area contributed by atoms with E-state index in [9.17, 15) is 14.7 Å². The summed E-state index contributed by atoms with van der Waals surface area (Å²) in [6.45, 7) is 1.99. The fourth-order valence-corrected chi connectivity index (χ4v) is 3.82. The molecule has 0 aromatic heterocycles. The molecule has 3 N–H and O–H groups in total. The molecule has 35 heavy (non-hydrogen) atoms. The van der Waals surface area contributed by atoms with Gasteiger partial charge >= 0.3 is 0 Å². The molecule has 8 heteroatoms. The van der Waals surface area contributed by atoms with Crippen LogP contribution in [-0.2, 0) is 16.1 Å². The Morgan fingerprint density at radius 3 is 1.91 bits per heavy atom. The molecule has 182 valence electrons. The van der Waals surface area contributed by atoms with Gasteiger partial charge in [0.2, 0.25) is 0 Å². The smallest absolute Gasteiger partial charge is 0.257 e. The second-order valence-corrected chi connectivity index (χ2v) is 8.21. The standard InChI is InChI=1S/C27H29N3O5/c31-23-11-10-21(20-6-2-1-3-7-20)16-22(23)17-30-14-12-28-26(32)18-34-24-8-4-5-9-25(24)35-19-27(33)29-13-15-30/h1-11,16,31H,12-15,17-19H2,(H,28,32)(H,29,33). The maximum Gasteiger partial charge on any atom is 0.257 e. The number of aromatic hydroxyl groups is 1. The summed E-state index contributed by atoms with van der Waals surface area (Å²) >= 11 is 0. The maximum atomic E-state index is 12.3. The summed E-state index contributed by atoms with van der Waals surface area (Å²) in [6.07, 6.45) is 0. The SMILES string of the molecule is O=C1COc2ccccc2OCC(=O)NCCN(Cc2cc(-c3ccccc3)ccc2O)CCN1. The minimum absolute atomic E-state index is 0.160. The predicted molar refractivity (Wildman–Crippen MR) is 132 cm³/mol. The predicted octanol–water partition coefficient (Wildman–Crippen LogP) is 2.57. The van der Waals surface area contributed by atoms with E-state index >= 15 is 0 Å². The lowest BCUT2D eigenvalue weighted by molar-refractivity contribution is -0.124. The third kappa shape index (κ3) is 6.97. The van der Waals surface area contributed by atoms with Crippen molar-refractivity contribution in [3.8, 4) is 28.4 Å². The fraction of sp³-hybridized carbons (Fsp3) is 0.259. The molecule has 0 bridgehead atoms. The molecule has 0 radical (unpaired) electrons. The Bertz CT molecular complexity index is 1110. The van der Waals surface area contributed by atoms with Gasteiger partial charge in [0.1, 0.15) is 5.75 Å². The van der Waals surface area contributed by atoms with E-state index in [1.165, 1.54) is 0 Å². The Morgan fingerprint density at radius 2 is 1.31 bits per heavy atom. The summed E-state index contributed by atoms with van der Waals surface area (Å²) in [5.41, 5.74) is 2.84. The molecule has 0 atom stereocenters. The van der Waals surface area contributed by atoms with Crippen molar-refractivity contribution >= 4 is 11.8 Å². The number of para-hydroxylation sites is 2. The number of rotatable bonds is 3. The van der Waals surface area contributed by atoms with Crippen LogP contribution < -0.4 is 20.1 Å². The third-order valence-corrected chi connectivity index (χ3v) is 5.65. The second-order valence-electron chi connectivity index (χ2n) is 8.21. The van der Waals surface area contributed by atoms with Gasteiger partial charge in [0, 0.05) is 38.3 Å². The Kier molecular flexibility index (Phi) is 8.19. The zero-order valence-electron chi connectivity index (χ0n) is 19.4. The molecule has 0 saturated heterocycles. The molecule has 3 aromatic carbocycles. The van der Waals surface area contributed by atoms with Crippen LogP contribution in [0.3, 0.4) is 0 Å². The summed E-state index contributed by atoms with van der Waals surface area (Å²) in [4.78, 5) is 26.7. The first kappa shape index (κ1) is 24.1. The number of phenolic OH excluding ortho intramolecular Hbond substituents is 1. The average molecular weight is 476 g/mol. The zero-order chi connectivity index (χ0) is 24.5. The summed E-state index contributed by atoms with van der Waals surface area (Å²) in [5.74, 6) is 0.505. The van der Waals surface area contributed by atoms with Crippen molar-refractivity contribution < 1.29 is 24.2 Å². The first-order valence-electron chi connectivity index (χ1n) is 11.6. The average Bonchev–Trinajstić information content (AvgIpc) is 2.88. The van der Waals surface area contributed by atoms with Crippen LogP contribution in [0.15, 0.2) is 72.8 Å². The molecule has 8 nitrogen and oxygen atoms in total. The summed E-state index contributed by atoms with van der Waals surface area (Å²) in [7, 11) is 0. The largest absolute Gasteiger partial charge is 0.508 e. The minimum atomic E-state index is -0.252. The van der Waals surface area contributed by atoms with Crippen LogP contribution in [0.25, 0.3) is 11.1 Å². The van der Waals surface area contributed by atoms with Gasteiger partial charge in [-0.05, 0) is 35.4 Å². The monoisotopic (exact) mass is 475 g/mol. The number of ether oxygens (including phenoxy) is 2.